The molecule has 0 unspecified atom stereocenters. The third kappa shape index (κ3) is 2.19. The molecule has 0 aliphatic carbocycles. The quantitative estimate of drug-likeness (QED) is 0.760. The van der Waals surface area contributed by atoms with Gasteiger partial charge in [0.15, 0.2) is 0 Å². The topological polar surface area (TPSA) is 36.3 Å². The summed E-state index contributed by atoms with van der Waals surface area (Å²) in [6.07, 6.45) is 0. The van der Waals surface area contributed by atoms with Gasteiger partial charge in [-0.25, -0.2) is 0 Å². The highest BCUT2D eigenvalue weighted by Gasteiger charge is 2.51. The molecule has 0 bridgehead atoms. The Morgan fingerprint density at radius 1 is 1.14 bits per heavy atom. The minimum absolute atomic E-state index is 0.358. The molecule has 0 spiro atoms. The molecule has 1 aliphatic rings. The Balaban J connectivity index is 2.09. The molecule has 0 radical (unpaired) electrons. The monoisotopic (exact) mass is 306 g/mol. The standard InChI is InChI=1S/C15H20BClN2O2/c1-9-11-7-10(8-12(17)13(11)19(6)18-9)16-20-14(2,3)15(4,5)21-16/h7-8H,1-6H3. The SMILES string of the molecule is Cc1nn(C)c2c(Cl)cc(B3OC(C)(C)C(C)(C)O3)cc12. The molecular formula is C15H20BClN2O2. The van der Waals surface area contributed by atoms with E-state index in [1.165, 1.54) is 0 Å². The van der Waals surface area contributed by atoms with E-state index in [2.05, 4.69) is 11.2 Å². The first-order valence-electron chi connectivity index (χ1n) is 7.11. The maximum absolute atomic E-state index is 6.43. The van der Waals surface area contributed by atoms with Crippen LogP contribution in [0.1, 0.15) is 33.4 Å². The summed E-state index contributed by atoms with van der Waals surface area (Å²) in [5.74, 6) is 0. The first-order chi connectivity index (χ1) is 9.62. The maximum atomic E-state index is 6.43. The number of rotatable bonds is 1. The van der Waals surface area contributed by atoms with Crippen LogP contribution in [0.2, 0.25) is 5.02 Å². The van der Waals surface area contributed by atoms with E-state index in [1.54, 1.807) is 4.68 Å². The number of aromatic nitrogens is 2. The van der Waals surface area contributed by atoms with Crippen molar-refractivity contribution in [1.82, 2.24) is 9.78 Å². The summed E-state index contributed by atoms with van der Waals surface area (Å²) in [5, 5.41) is 6.13. The van der Waals surface area contributed by atoms with Crippen LogP contribution in [0, 0.1) is 6.92 Å². The lowest BCUT2D eigenvalue weighted by atomic mass is 9.78. The Bertz CT molecular complexity index is 708. The second kappa shape index (κ2) is 4.48. The first kappa shape index (κ1) is 14.9. The number of halogens is 1. The minimum Gasteiger partial charge on any atom is -0.399 e. The van der Waals surface area contributed by atoms with Crippen LogP contribution in [0.3, 0.4) is 0 Å². The molecule has 1 saturated heterocycles. The Morgan fingerprint density at radius 2 is 1.71 bits per heavy atom. The molecule has 0 atom stereocenters. The predicted molar refractivity (Wildman–Crippen MR) is 86.2 cm³/mol. The molecule has 0 amide bonds. The molecule has 2 heterocycles. The van der Waals surface area contributed by atoms with Gasteiger partial charge in [0.2, 0.25) is 0 Å². The van der Waals surface area contributed by atoms with Gasteiger partial charge in [-0.1, -0.05) is 17.7 Å². The van der Waals surface area contributed by atoms with Crippen LogP contribution in [0.5, 0.6) is 0 Å². The normalized spacial score (nSPS) is 20.4. The molecule has 1 aromatic carbocycles. The van der Waals surface area contributed by atoms with Gasteiger partial charge in [-0.15, -0.1) is 0 Å². The lowest BCUT2D eigenvalue weighted by molar-refractivity contribution is 0.00578. The van der Waals surface area contributed by atoms with Crippen molar-refractivity contribution in [3.63, 3.8) is 0 Å². The van der Waals surface area contributed by atoms with Crippen LogP contribution in [0.25, 0.3) is 10.9 Å². The van der Waals surface area contributed by atoms with Gasteiger partial charge >= 0.3 is 7.12 Å². The van der Waals surface area contributed by atoms with Crippen LogP contribution in [-0.2, 0) is 16.4 Å². The van der Waals surface area contributed by atoms with Crippen molar-refractivity contribution in [2.75, 3.05) is 0 Å². The van der Waals surface area contributed by atoms with E-state index in [0.717, 1.165) is 22.1 Å². The Hall–Kier alpha value is -1.04. The van der Waals surface area contributed by atoms with E-state index >= 15 is 0 Å². The molecule has 112 valence electrons. The zero-order chi connectivity index (χ0) is 15.6. The number of fused-ring (bicyclic) bond motifs is 1. The number of aryl methyl sites for hydroxylation is 2. The first-order valence-corrected chi connectivity index (χ1v) is 7.48. The fourth-order valence-electron chi connectivity index (χ4n) is 2.67. The molecule has 21 heavy (non-hydrogen) atoms. The zero-order valence-corrected chi connectivity index (χ0v) is 14.1. The Kier molecular flexibility index (Phi) is 3.17. The minimum atomic E-state index is -0.406. The molecule has 6 heteroatoms. The average molecular weight is 307 g/mol. The molecule has 3 rings (SSSR count). The van der Waals surface area contributed by atoms with Gasteiger partial charge < -0.3 is 9.31 Å². The number of benzene rings is 1. The third-order valence-corrected chi connectivity index (χ3v) is 4.91. The van der Waals surface area contributed by atoms with Crippen molar-refractivity contribution in [3.05, 3.63) is 22.8 Å². The van der Waals surface area contributed by atoms with Crippen molar-refractivity contribution in [2.45, 2.75) is 45.8 Å². The lowest BCUT2D eigenvalue weighted by Gasteiger charge is -2.32. The third-order valence-electron chi connectivity index (χ3n) is 4.62. The number of hydrogen-bond acceptors (Lipinski definition) is 3. The smallest absolute Gasteiger partial charge is 0.399 e. The van der Waals surface area contributed by atoms with Crippen molar-refractivity contribution < 1.29 is 9.31 Å². The van der Waals surface area contributed by atoms with Crippen LogP contribution in [-0.4, -0.2) is 28.1 Å². The van der Waals surface area contributed by atoms with Gasteiger partial charge in [-0.05, 0) is 46.1 Å². The Labute approximate surface area is 130 Å². The van der Waals surface area contributed by atoms with Crippen molar-refractivity contribution in [3.8, 4) is 0 Å². The summed E-state index contributed by atoms with van der Waals surface area (Å²) in [7, 11) is 1.49. The van der Waals surface area contributed by atoms with Crippen LogP contribution >= 0.6 is 11.6 Å². The van der Waals surface area contributed by atoms with Gasteiger partial charge in [0.05, 0.1) is 27.4 Å². The van der Waals surface area contributed by atoms with Gasteiger partial charge in [-0.3, -0.25) is 4.68 Å². The number of hydrogen-bond donors (Lipinski definition) is 0. The fraction of sp³-hybridized carbons (Fsp3) is 0.533. The highest BCUT2D eigenvalue weighted by atomic mass is 35.5. The largest absolute Gasteiger partial charge is 0.494 e. The average Bonchev–Trinajstić information content (AvgIpc) is 2.74. The van der Waals surface area contributed by atoms with Crippen LogP contribution in [0.15, 0.2) is 12.1 Å². The summed E-state index contributed by atoms with van der Waals surface area (Å²) >= 11 is 6.43. The lowest BCUT2D eigenvalue weighted by Crippen LogP contribution is -2.41. The summed E-state index contributed by atoms with van der Waals surface area (Å²) in [6.45, 7) is 10.2. The van der Waals surface area contributed by atoms with Crippen molar-refractivity contribution in [1.29, 1.82) is 0 Å². The molecule has 1 fully saturated rings. The Morgan fingerprint density at radius 3 is 2.29 bits per heavy atom. The molecule has 2 aromatic rings. The second-order valence-corrected chi connectivity index (χ2v) is 7.10. The summed E-state index contributed by atoms with van der Waals surface area (Å²) in [5.41, 5.74) is 2.11. The van der Waals surface area contributed by atoms with E-state index in [0.29, 0.717) is 5.02 Å². The van der Waals surface area contributed by atoms with E-state index < -0.39 is 7.12 Å². The summed E-state index contributed by atoms with van der Waals surface area (Å²) < 4.78 is 14.0. The summed E-state index contributed by atoms with van der Waals surface area (Å²) in [4.78, 5) is 0. The highest BCUT2D eigenvalue weighted by molar-refractivity contribution is 6.63. The predicted octanol–water partition coefficient (Wildman–Crippen LogP) is 2.83. The van der Waals surface area contributed by atoms with E-state index in [-0.39, 0.29) is 11.2 Å². The molecule has 0 N–H and O–H groups in total. The van der Waals surface area contributed by atoms with Crippen molar-refractivity contribution >= 4 is 35.1 Å². The number of nitrogens with zero attached hydrogens (tertiary/aromatic N) is 2. The van der Waals surface area contributed by atoms with E-state index in [1.807, 2.05) is 47.7 Å². The van der Waals surface area contributed by atoms with Crippen LogP contribution in [0.4, 0.5) is 0 Å². The van der Waals surface area contributed by atoms with Gasteiger partial charge in [0.25, 0.3) is 0 Å². The van der Waals surface area contributed by atoms with Gasteiger partial charge in [0, 0.05) is 12.4 Å². The molecule has 4 nitrogen and oxygen atoms in total. The van der Waals surface area contributed by atoms with E-state index in [9.17, 15) is 0 Å². The zero-order valence-electron chi connectivity index (χ0n) is 13.3. The van der Waals surface area contributed by atoms with Crippen molar-refractivity contribution in [2.24, 2.45) is 7.05 Å². The van der Waals surface area contributed by atoms with Gasteiger partial charge in [0.1, 0.15) is 0 Å². The molecule has 0 saturated carbocycles. The summed E-state index contributed by atoms with van der Waals surface area (Å²) in [6, 6.07) is 3.97. The molecular weight excluding hydrogens is 286 g/mol. The van der Waals surface area contributed by atoms with Gasteiger partial charge in [-0.2, -0.15) is 5.10 Å². The fourth-order valence-corrected chi connectivity index (χ4v) is 3.02. The maximum Gasteiger partial charge on any atom is 0.494 e. The molecule has 1 aromatic heterocycles. The van der Waals surface area contributed by atoms with E-state index in [4.69, 9.17) is 20.9 Å². The second-order valence-electron chi connectivity index (χ2n) is 6.70. The highest BCUT2D eigenvalue weighted by Crippen LogP contribution is 2.37. The van der Waals surface area contributed by atoms with Crippen LogP contribution < -0.4 is 5.46 Å². The molecule has 1 aliphatic heterocycles.